The van der Waals surface area contributed by atoms with E-state index in [0.717, 1.165) is 36.3 Å². The third-order valence-electron chi connectivity index (χ3n) is 5.28. The number of halogens is 1. The lowest BCUT2D eigenvalue weighted by atomic mass is 9.89. The summed E-state index contributed by atoms with van der Waals surface area (Å²) in [7, 11) is 0. The molecule has 0 saturated heterocycles. The number of nitrogens with one attached hydrogen (secondary N) is 3. The molecule has 0 saturated carbocycles. The summed E-state index contributed by atoms with van der Waals surface area (Å²) in [5, 5.41) is 8.95. The molecule has 1 aromatic heterocycles. The van der Waals surface area contributed by atoms with Crippen LogP contribution in [0.1, 0.15) is 40.3 Å². The monoisotopic (exact) mass is 368 g/mol. The van der Waals surface area contributed by atoms with Gasteiger partial charge in [0, 0.05) is 37.1 Å². The Balaban J connectivity index is 1.56. The molecular weight excluding hydrogens is 347 g/mol. The fraction of sp³-hybridized carbons (Fsp3) is 0.350. The molecule has 2 aliphatic heterocycles. The number of aryl methyl sites for hydroxylation is 1. The van der Waals surface area contributed by atoms with Gasteiger partial charge in [-0.2, -0.15) is 0 Å². The highest BCUT2D eigenvalue weighted by Crippen LogP contribution is 2.33. The van der Waals surface area contributed by atoms with Crippen molar-refractivity contribution in [2.45, 2.75) is 38.8 Å². The summed E-state index contributed by atoms with van der Waals surface area (Å²) in [5.41, 5.74) is 5.32. The minimum Gasteiger partial charge on any atom is -0.351 e. The average Bonchev–Trinajstić information content (AvgIpc) is 2.66. The number of hydrogen-bond acceptors (Lipinski definition) is 4. The van der Waals surface area contributed by atoms with Crippen LogP contribution in [0.25, 0.3) is 0 Å². The Morgan fingerprint density at radius 3 is 3.11 bits per heavy atom. The van der Waals surface area contributed by atoms with Crippen LogP contribution in [0.15, 0.2) is 24.4 Å². The van der Waals surface area contributed by atoms with Gasteiger partial charge in [-0.15, -0.1) is 0 Å². The molecule has 0 fully saturated rings. The van der Waals surface area contributed by atoms with Crippen molar-refractivity contribution in [3.63, 3.8) is 0 Å². The van der Waals surface area contributed by atoms with Gasteiger partial charge in [0.1, 0.15) is 5.82 Å². The highest BCUT2D eigenvalue weighted by Gasteiger charge is 2.31. The number of amides is 2. The normalized spacial score (nSPS) is 18.3. The molecular formula is C20H21FN4O2. The molecule has 2 aromatic rings. The fourth-order valence-electron chi connectivity index (χ4n) is 3.84. The van der Waals surface area contributed by atoms with Gasteiger partial charge in [-0.05, 0) is 60.3 Å². The van der Waals surface area contributed by atoms with E-state index in [-0.39, 0.29) is 18.2 Å². The molecule has 2 amide bonds. The number of pyridine rings is 1. The summed E-state index contributed by atoms with van der Waals surface area (Å²) in [5.74, 6) is -1.63. The molecule has 2 aliphatic rings. The van der Waals surface area contributed by atoms with E-state index in [4.69, 9.17) is 0 Å². The van der Waals surface area contributed by atoms with Gasteiger partial charge in [0.25, 0.3) is 0 Å². The predicted molar refractivity (Wildman–Crippen MR) is 98.6 cm³/mol. The Morgan fingerprint density at radius 2 is 2.26 bits per heavy atom. The van der Waals surface area contributed by atoms with Crippen molar-refractivity contribution >= 4 is 17.5 Å². The van der Waals surface area contributed by atoms with Gasteiger partial charge in [0.05, 0.1) is 5.92 Å². The standard InChI is InChI=1S/C20H21FN4O2/c1-11-17(14-4-5-22-8-12(14)9-23-11)10-24-20(27)16-7-19(26)25-18-3-2-13(21)6-15(16)18/h2-3,6,9,16,22H,4-5,7-8,10H2,1H3,(H,24,27)(H,25,26)/t16-/m0/s1. The van der Waals surface area contributed by atoms with Crippen LogP contribution in [0.2, 0.25) is 0 Å². The Labute approximate surface area is 156 Å². The number of aromatic nitrogens is 1. The molecule has 27 heavy (non-hydrogen) atoms. The number of carbonyl (C=O) groups is 2. The zero-order valence-corrected chi connectivity index (χ0v) is 15.1. The summed E-state index contributed by atoms with van der Waals surface area (Å²) in [4.78, 5) is 29.2. The van der Waals surface area contributed by atoms with Crippen LogP contribution in [0.4, 0.5) is 10.1 Å². The lowest BCUT2D eigenvalue weighted by molar-refractivity contribution is -0.126. The summed E-state index contributed by atoms with van der Waals surface area (Å²) in [6, 6.07) is 4.09. The lowest BCUT2D eigenvalue weighted by Gasteiger charge is -2.26. The van der Waals surface area contributed by atoms with E-state index in [1.807, 2.05) is 13.1 Å². The van der Waals surface area contributed by atoms with Gasteiger partial charge in [0.2, 0.25) is 11.8 Å². The maximum absolute atomic E-state index is 13.7. The van der Waals surface area contributed by atoms with Gasteiger partial charge >= 0.3 is 0 Å². The molecule has 0 aliphatic carbocycles. The van der Waals surface area contributed by atoms with E-state index in [1.165, 1.54) is 23.8 Å². The van der Waals surface area contributed by atoms with E-state index in [9.17, 15) is 14.0 Å². The summed E-state index contributed by atoms with van der Waals surface area (Å²) in [6.45, 7) is 3.96. The lowest BCUT2D eigenvalue weighted by Crippen LogP contribution is -2.35. The molecule has 3 heterocycles. The Kier molecular flexibility index (Phi) is 4.61. The highest BCUT2D eigenvalue weighted by molar-refractivity contribution is 6.01. The van der Waals surface area contributed by atoms with E-state index < -0.39 is 11.7 Å². The first-order chi connectivity index (χ1) is 13.0. The van der Waals surface area contributed by atoms with Crippen LogP contribution in [0.3, 0.4) is 0 Å². The molecule has 0 spiro atoms. The van der Waals surface area contributed by atoms with Crippen molar-refractivity contribution in [1.82, 2.24) is 15.6 Å². The SMILES string of the molecule is Cc1ncc2c(c1CNC(=O)[C@H]1CC(=O)Nc3ccc(F)cc31)CCNC2. The minimum absolute atomic E-state index is 0.0103. The molecule has 6 nitrogen and oxygen atoms in total. The van der Waals surface area contributed by atoms with Gasteiger partial charge in [0.15, 0.2) is 0 Å². The van der Waals surface area contributed by atoms with Crippen molar-refractivity contribution in [1.29, 1.82) is 0 Å². The molecule has 140 valence electrons. The number of anilines is 1. The Morgan fingerprint density at radius 1 is 1.41 bits per heavy atom. The third-order valence-corrected chi connectivity index (χ3v) is 5.28. The van der Waals surface area contributed by atoms with Crippen LogP contribution >= 0.6 is 0 Å². The van der Waals surface area contributed by atoms with Crippen molar-refractivity contribution in [3.05, 3.63) is 58.2 Å². The van der Waals surface area contributed by atoms with Crippen LogP contribution < -0.4 is 16.0 Å². The maximum Gasteiger partial charge on any atom is 0.228 e. The summed E-state index contributed by atoms with van der Waals surface area (Å²) in [6.07, 6.45) is 2.78. The largest absolute Gasteiger partial charge is 0.351 e. The number of benzene rings is 1. The van der Waals surface area contributed by atoms with E-state index in [0.29, 0.717) is 17.8 Å². The molecule has 0 bridgehead atoms. The van der Waals surface area contributed by atoms with E-state index in [2.05, 4.69) is 20.9 Å². The first kappa shape index (κ1) is 17.6. The van der Waals surface area contributed by atoms with Crippen LogP contribution in [-0.2, 0) is 29.1 Å². The minimum atomic E-state index is -0.695. The molecule has 0 radical (unpaired) electrons. The number of carbonyl (C=O) groups excluding carboxylic acids is 2. The fourth-order valence-corrected chi connectivity index (χ4v) is 3.84. The molecule has 1 atom stereocenters. The van der Waals surface area contributed by atoms with Gasteiger partial charge in [-0.3, -0.25) is 14.6 Å². The van der Waals surface area contributed by atoms with Crippen molar-refractivity contribution in [3.8, 4) is 0 Å². The highest BCUT2D eigenvalue weighted by atomic mass is 19.1. The molecule has 7 heteroatoms. The van der Waals surface area contributed by atoms with Gasteiger partial charge < -0.3 is 16.0 Å². The van der Waals surface area contributed by atoms with Crippen LogP contribution in [-0.4, -0.2) is 23.3 Å². The number of fused-ring (bicyclic) bond motifs is 2. The smallest absolute Gasteiger partial charge is 0.228 e. The third kappa shape index (κ3) is 3.42. The second-order valence-corrected chi connectivity index (χ2v) is 7.01. The first-order valence-corrected chi connectivity index (χ1v) is 9.07. The second kappa shape index (κ2) is 7.08. The Hall–Kier alpha value is -2.80. The molecule has 4 rings (SSSR count). The average molecular weight is 368 g/mol. The number of rotatable bonds is 3. The number of nitrogens with zero attached hydrogens (tertiary/aromatic N) is 1. The summed E-state index contributed by atoms with van der Waals surface area (Å²) >= 11 is 0. The topological polar surface area (TPSA) is 83.1 Å². The maximum atomic E-state index is 13.7. The van der Waals surface area contributed by atoms with Crippen LogP contribution in [0.5, 0.6) is 0 Å². The second-order valence-electron chi connectivity index (χ2n) is 7.01. The predicted octanol–water partition coefficient (Wildman–Crippen LogP) is 1.92. The van der Waals surface area contributed by atoms with Crippen LogP contribution in [0, 0.1) is 12.7 Å². The molecule has 1 aromatic carbocycles. The zero-order chi connectivity index (χ0) is 19.0. The van der Waals surface area contributed by atoms with Crippen molar-refractivity contribution < 1.29 is 14.0 Å². The van der Waals surface area contributed by atoms with Crippen molar-refractivity contribution in [2.24, 2.45) is 0 Å². The van der Waals surface area contributed by atoms with E-state index in [1.54, 1.807) is 0 Å². The molecule has 3 N–H and O–H groups in total. The zero-order valence-electron chi connectivity index (χ0n) is 15.1. The first-order valence-electron chi connectivity index (χ1n) is 9.07. The van der Waals surface area contributed by atoms with Gasteiger partial charge in [-0.1, -0.05) is 0 Å². The van der Waals surface area contributed by atoms with Gasteiger partial charge in [-0.25, -0.2) is 4.39 Å². The Bertz CT molecular complexity index is 928. The number of hydrogen-bond donors (Lipinski definition) is 3. The quantitative estimate of drug-likeness (QED) is 0.773. The van der Waals surface area contributed by atoms with E-state index >= 15 is 0 Å². The van der Waals surface area contributed by atoms with Crippen molar-refractivity contribution in [2.75, 3.05) is 11.9 Å². The molecule has 0 unspecified atom stereocenters. The summed E-state index contributed by atoms with van der Waals surface area (Å²) < 4.78 is 13.7.